The van der Waals surface area contributed by atoms with E-state index in [-0.39, 0.29) is 11.1 Å². The molecular formula is C42H25N3O2. The van der Waals surface area contributed by atoms with Crippen LogP contribution in [0, 0.1) is 0 Å². The van der Waals surface area contributed by atoms with Crippen molar-refractivity contribution in [1.29, 1.82) is 0 Å². The second kappa shape index (κ2) is 10.6. The first kappa shape index (κ1) is 26.9. The summed E-state index contributed by atoms with van der Waals surface area (Å²) in [6.45, 7) is 0. The van der Waals surface area contributed by atoms with Crippen LogP contribution in [0.3, 0.4) is 0 Å². The van der Waals surface area contributed by atoms with Gasteiger partial charge in [0.15, 0.2) is 5.82 Å². The standard InChI is InChI=1S/C42H25N3O2/c46-41-33-20-9-7-18-31(33)35-23-30(24-36-32-19-8-10-21-34(32)42(47)45(41)39(35)36)28-16-11-17-29(22-28)40-43-37(26-12-3-1-4-13-26)25-38(44-40)27-14-5-2-6-15-27/h1-25H. The van der Waals surface area contributed by atoms with Crippen LogP contribution in [0.25, 0.3) is 82.9 Å². The number of fused-ring (bicyclic) bond motifs is 4. The van der Waals surface area contributed by atoms with Crippen molar-refractivity contribution in [2.24, 2.45) is 0 Å². The largest absolute Gasteiger partial charge is 0.268 e. The number of hydrogen-bond donors (Lipinski definition) is 0. The van der Waals surface area contributed by atoms with Crippen LogP contribution in [-0.4, -0.2) is 14.4 Å². The summed E-state index contributed by atoms with van der Waals surface area (Å²) in [5.41, 5.74) is 6.61. The molecule has 0 aliphatic rings. The molecule has 0 saturated carbocycles. The molecule has 0 aliphatic heterocycles. The number of rotatable bonds is 4. The lowest BCUT2D eigenvalue weighted by Crippen LogP contribution is -2.27. The van der Waals surface area contributed by atoms with Crippen LogP contribution in [0.1, 0.15) is 0 Å². The Labute approximate surface area is 269 Å². The maximum absolute atomic E-state index is 13.7. The molecule has 5 nitrogen and oxygen atoms in total. The molecule has 220 valence electrons. The molecule has 0 spiro atoms. The maximum atomic E-state index is 13.7. The van der Waals surface area contributed by atoms with Gasteiger partial charge in [0, 0.05) is 38.2 Å². The average Bonchev–Trinajstić information content (AvgIpc) is 3.15. The molecule has 0 amide bonds. The molecule has 5 heteroatoms. The normalized spacial score (nSPS) is 11.6. The number of nitrogens with zero attached hydrogens (tertiary/aromatic N) is 3. The lowest BCUT2D eigenvalue weighted by atomic mass is 9.94. The second-order valence-corrected chi connectivity index (χ2v) is 11.7. The van der Waals surface area contributed by atoms with E-state index in [1.807, 2.05) is 91.0 Å². The van der Waals surface area contributed by atoms with E-state index in [4.69, 9.17) is 9.97 Å². The van der Waals surface area contributed by atoms with Gasteiger partial charge < -0.3 is 0 Å². The number of pyridine rings is 2. The van der Waals surface area contributed by atoms with E-state index in [2.05, 4.69) is 48.5 Å². The van der Waals surface area contributed by atoms with E-state index >= 15 is 0 Å². The predicted octanol–water partition coefficient (Wildman–Crippen LogP) is 9.02. The zero-order valence-corrected chi connectivity index (χ0v) is 25.1. The quantitative estimate of drug-likeness (QED) is 0.149. The third-order valence-corrected chi connectivity index (χ3v) is 8.95. The van der Waals surface area contributed by atoms with Gasteiger partial charge in [0.05, 0.1) is 16.9 Å². The van der Waals surface area contributed by atoms with Gasteiger partial charge >= 0.3 is 0 Å². The Balaban J connectivity index is 1.30. The molecule has 47 heavy (non-hydrogen) atoms. The first-order valence-corrected chi connectivity index (χ1v) is 15.5. The molecule has 9 aromatic rings. The summed E-state index contributed by atoms with van der Waals surface area (Å²) < 4.78 is 1.35. The number of hydrogen-bond acceptors (Lipinski definition) is 4. The van der Waals surface area contributed by atoms with Crippen molar-refractivity contribution < 1.29 is 0 Å². The third-order valence-electron chi connectivity index (χ3n) is 8.95. The van der Waals surface area contributed by atoms with Crippen molar-refractivity contribution in [1.82, 2.24) is 14.4 Å². The van der Waals surface area contributed by atoms with Crippen molar-refractivity contribution in [2.75, 3.05) is 0 Å². The molecular weight excluding hydrogens is 578 g/mol. The summed E-state index contributed by atoms with van der Waals surface area (Å²) in [6, 6.07) is 49.8. The number of aromatic nitrogens is 3. The van der Waals surface area contributed by atoms with E-state index in [0.29, 0.717) is 22.1 Å². The Bertz CT molecular complexity index is 2610. The highest BCUT2D eigenvalue weighted by atomic mass is 16.2. The van der Waals surface area contributed by atoms with Crippen LogP contribution in [0.15, 0.2) is 161 Å². The summed E-state index contributed by atoms with van der Waals surface area (Å²) in [7, 11) is 0. The van der Waals surface area contributed by atoms with Gasteiger partial charge in [-0.25, -0.2) is 14.4 Å². The Kier molecular flexibility index (Phi) is 6.05. The van der Waals surface area contributed by atoms with Crippen LogP contribution >= 0.6 is 0 Å². The van der Waals surface area contributed by atoms with E-state index in [1.165, 1.54) is 4.40 Å². The minimum absolute atomic E-state index is 0.298. The third kappa shape index (κ3) is 4.32. The molecule has 0 unspecified atom stereocenters. The van der Waals surface area contributed by atoms with E-state index < -0.39 is 0 Å². The smallest absolute Gasteiger partial charge is 0.266 e. The highest BCUT2D eigenvalue weighted by molar-refractivity contribution is 6.19. The zero-order valence-electron chi connectivity index (χ0n) is 25.1. The first-order valence-electron chi connectivity index (χ1n) is 15.5. The molecule has 6 aromatic carbocycles. The Morgan fingerprint density at radius 1 is 0.362 bits per heavy atom. The van der Waals surface area contributed by atoms with Crippen LogP contribution < -0.4 is 11.1 Å². The van der Waals surface area contributed by atoms with Gasteiger partial charge in [-0.3, -0.25) is 9.59 Å². The molecule has 0 atom stereocenters. The maximum Gasteiger partial charge on any atom is 0.266 e. The minimum Gasteiger partial charge on any atom is -0.268 e. The zero-order chi connectivity index (χ0) is 31.5. The highest BCUT2D eigenvalue weighted by Crippen LogP contribution is 2.36. The first-order chi connectivity index (χ1) is 23.1. The molecule has 9 rings (SSSR count). The van der Waals surface area contributed by atoms with E-state index in [9.17, 15) is 9.59 Å². The van der Waals surface area contributed by atoms with Crippen LogP contribution in [0.5, 0.6) is 0 Å². The fraction of sp³-hybridized carbons (Fsp3) is 0. The number of benzene rings is 6. The molecule has 0 saturated heterocycles. The van der Waals surface area contributed by atoms with Crippen molar-refractivity contribution in [2.45, 2.75) is 0 Å². The van der Waals surface area contributed by atoms with Crippen LogP contribution in [0.4, 0.5) is 0 Å². The Morgan fingerprint density at radius 3 is 1.34 bits per heavy atom. The molecule has 0 bridgehead atoms. The highest BCUT2D eigenvalue weighted by Gasteiger charge is 2.19. The van der Waals surface area contributed by atoms with Gasteiger partial charge in [-0.1, -0.05) is 115 Å². The molecule has 3 heterocycles. The molecule has 0 N–H and O–H groups in total. The predicted molar refractivity (Wildman–Crippen MR) is 191 cm³/mol. The van der Waals surface area contributed by atoms with E-state index in [1.54, 1.807) is 12.1 Å². The molecule has 0 fully saturated rings. The van der Waals surface area contributed by atoms with Crippen molar-refractivity contribution in [3.05, 3.63) is 172 Å². The Hall–Kier alpha value is -6.46. The van der Waals surface area contributed by atoms with Gasteiger partial charge in [-0.05, 0) is 58.3 Å². The topological polar surface area (TPSA) is 64.3 Å². The second-order valence-electron chi connectivity index (χ2n) is 11.7. The fourth-order valence-electron chi connectivity index (χ4n) is 6.73. The summed E-state index contributed by atoms with van der Waals surface area (Å²) in [4.78, 5) is 37.5. The SMILES string of the molecule is O=c1c2ccccc2c2cc(-c3cccc(-c4nc(-c5ccccc5)cc(-c5ccccc5)n4)c3)cc3c4ccccc4c(=O)n1c23. The summed E-state index contributed by atoms with van der Waals surface area (Å²) in [5.74, 6) is 0.629. The molecule has 0 radical (unpaired) electrons. The molecule has 0 aliphatic carbocycles. The lowest BCUT2D eigenvalue weighted by Gasteiger charge is -2.15. The lowest BCUT2D eigenvalue weighted by molar-refractivity contribution is 1.09. The van der Waals surface area contributed by atoms with Gasteiger partial charge in [-0.15, -0.1) is 0 Å². The van der Waals surface area contributed by atoms with Crippen molar-refractivity contribution in [3.8, 4) is 45.0 Å². The van der Waals surface area contributed by atoms with Gasteiger partial charge in [0.25, 0.3) is 11.1 Å². The van der Waals surface area contributed by atoms with Crippen LogP contribution in [-0.2, 0) is 0 Å². The fourth-order valence-corrected chi connectivity index (χ4v) is 6.73. The molecule has 3 aromatic heterocycles. The summed E-state index contributed by atoms with van der Waals surface area (Å²) in [5, 5.41) is 4.39. The Morgan fingerprint density at radius 2 is 0.809 bits per heavy atom. The van der Waals surface area contributed by atoms with Crippen LogP contribution in [0.2, 0.25) is 0 Å². The summed E-state index contributed by atoms with van der Waals surface area (Å²) >= 11 is 0. The minimum atomic E-state index is -0.298. The van der Waals surface area contributed by atoms with Crippen molar-refractivity contribution in [3.63, 3.8) is 0 Å². The van der Waals surface area contributed by atoms with Crippen molar-refractivity contribution >= 4 is 37.8 Å². The van der Waals surface area contributed by atoms with Gasteiger partial charge in [-0.2, -0.15) is 0 Å². The van der Waals surface area contributed by atoms with Gasteiger partial charge in [0.1, 0.15) is 0 Å². The van der Waals surface area contributed by atoms with Gasteiger partial charge in [0.2, 0.25) is 0 Å². The average molecular weight is 604 g/mol. The monoisotopic (exact) mass is 603 g/mol. The summed E-state index contributed by atoms with van der Waals surface area (Å²) in [6.07, 6.45) is 0. The van der Waals surface area contributed by atoms with E-state index in [0.717, 1.165) is 60.8 Å².